The fourth-order valence-corrected chi connectivity index (χ4v) is 3.36. The van der Waals surface area contributed by atoms with Crippen LogP contribution in [0.25, 0.3) is 10.9 Å². The largest absolute Gasteiger partial charge is 0.325 e. The molecule has 1 amide bonds. The summed E-state index contributed by atoms with van der Waals surface area (Å²) >= 11 is 3.30. The number of hydrogen-bond donors (Lipinski definition) is 1. The number of benzene rings is 2. The first-order valence-electron chi connectivity index (χ1n) is 8.84. The first-order valence-corrected chi connectivity index (χ1v) is 9.63. The molecule has 1 aromatic heterocycles. The second-order valence-electron chi connectivity index (χ2n) is 7.28. The lowest BCUT2D eigenvalue weighted by molar-refractivity contribution is -0.117. The highest BCUT2D eigenvalue weighted by Gasteiger charge is 2.40. The number of para-hydroxylation sites is 1. The van der Waals surface area contributed by atoms with Crippen LogP contribution in [0.2, 0.25) is 0 Å². The number of carbonyl (C=O) groups is 3. The highest BCUT2D eigenvalue weighted by atomic mass is 79.9. The average Bonchev–Trinajstić information content (AvgIpc) is 2.91. The summed E-state index contributed by atoms with van der Waals surface area (Å²) in [7, 11) is 0. The number of anilines is 1. The van der Waals surface area contributed by atoms with E-state index in [1.807, 2.05) is 30.3 Å². The number of carbonyl (C=O) groups excluding carboxylic acids is 3. The number of ketones is 2. The van der Waals surface area contributed by atoms with Gasteiger partial charge in [0.05, 0.1) is 15.5 Å². The van der Waals surface area contributed by atoms with Gasteiger partial charge < -0.3 is 5.32 Å². The van der Waals surface area contributed by atoms with Gasteiger partial charge in [0, 0.05) is 22.2 Å². The number of hydrogen-bond acceptors (Lipinski definition) is 4. The maximum Gasteiger partial charge on any atom is 0.240 e. The first-order chi connectivity index (χ1) is 13.3. The molecule has 0 fully saturated rings. The summed E-state index contributed by atoms with van der Waals surface area (Å²) in [5, 5.41) is 3.71. The summed E-state index contributed by atoms with van der Waals surface area (Å²) in [6, 6.07) is 15.9. The number of rotatable bonds is 3. The molecule has 0 bridgehead atoms. The second kappa shape index (κ2) is 6.63. The van der Waals surface area contributed by atoms with Gasteiger partial charge >= 0.3 is 0 Å². The molecule has 3 aromatic rings. The van der Waals surface area contributed by atoms with E-state index in [9.17, 15) is 14.4 Å². The van der Waals surface area contributed by atoms with Crippen LogP contribution in [0, 0.1) is 0 Å². The molecule has 0 aliphatic heterocycles. The van der Waals surface area contributed by atoms with Crippen LogP contribution in [0.1, 0.15) is 46.2 Å². The standard InChI is InChI=1S/C22H17BrN2O3/c1-22(2,23)21(28)24-13-8-9-14-15(11-13)20(27)18(19(14)26)17-10-7-12-5-3-4-6-16(12)25-17/h3-11,18H,1-2H3,(H,24,28). The molecule has 0 saturated heterocycles. The van der Waals surface area contributed by atoms with Crippen LogP contribution in [0.4, 0.5) is 5.69 Å². The van der Waals surface area contributed by atoms with Crippen molar-refractivity contribution in [2.24, 2.45) is 0 Å². The Morgan fingerprint density at radius 2 is 1.71 bits per heavy atom. The van der Waals surface area contributed by atoms with Crippen molar-refractivity contribution in [1.29, 1.82) is 0 Å². The summed E-state index contributed by atoms with van der Waals surface area (Å²) in [6.45, 7) is 3.46. The monoisotopic (exact) mass is 436 g/mol. The van der Waals surface area contributed by atoms with Gasteiger partial charge in [0.1, 0.15) is 5.92 Å². The number of amides is 1. The molecule has 1 heterocycles. The zero-order valence-corrected chi connectivity index (χ0v) is 16.9. The fourth-order valence-electron chi connectivity index (χ4n) is 3.26. The molecule has 0 radical (unpaired) electrons. The number of Topliss-reactive ketones (excluding diaryl/α,β-unsaturated/α-hetero) is 2. The van der Waals surface area contributed by atoms with E-state index >= 15 is 0 Å². The van der Waals surface area contributed by atoms with Crippen LogP contribution in [0.5, 0.6) is 0 Å². The van der Waals surface area contributed by atoms with Crippen LogP contribution in [-0.2, 0) is 4.79 Å². The van der Waals surface area contributed by atoms with E-state index in [1.54, 1.807) is 38.1 Å². The Kier molecular flexibility index (Phi) is 4.38. The normalized spacial score (nSPS) is 16.3. The lowest BCUT2D eigenvalue weighted by atomic mass is 9.98. The third kappa shape index (κ3) is 3.14. The van der Waals surface area contributed by atoms with Crippen molar-refractivity contribution in [1.82, 2.24) is 4.98 Å². The Morgan fingerprint density at radius 1 is 1.00 bits per heavy atom. The molecular weight excluding hydrogens is 420 g/mol. The van der Waals surface area contributed by atoms with Crippen molar-refractivity contribution < 1.29 is 14.4 Å². The van der Waals surface area contributed by atoms with Gasteiger partial charge in [-0.05, 0) is 44.2 Å². The van der Waals surface area contributed by atoms with Gasteiger partial charge in [-0.3, -0.25) is 19.4 Å². The fraction of sp³-hybridized carbons (Fsp3) is 0.182. The highest BCUT2D eigenvalue weighted by molar-refractivity contribution is 9.10. The Morgan fingerprint density at radius 3 is 2.46 bits per heavy atom. The Bertz CT molecular complexity index is 1150. The second-order valence-corrected chi connectivity index (χ2v) is 9.26. The van der Waals surface area contributed by atoms with Crippen molar-refractivity contribution >= 4 is 50.0 Å². The molecule has 1 aliphatic rings. The molecule has 2 aromatic carbocycles. The lowest BCUT2D eigenvalue weighted by Crippen LogP contribution is -2.31. The van der Waals surface area contributed by atoms with Gasteiger partial charge in [-0.25, -0.2) is 0 Å². The third-order valence-electron chi connectivity index (χ3n) is 4.79. The SMILES string of the molecule is CC(C)(Br)C(=O)Nc1ccc2c(c1)C(=O)C(c1ccc3ccccc3n1)C2=O. The molecule has 1 aliphatic carbocycles. The van der Waals surface area contributed by atoms with E-state index in [0.717, 1.165) is 10.9 Å². The Hall–Kier alpha value is -2.86. The van der Waals surface area contributed by atoms with Crippen molar-refractivity contribution in [2.45, 2.75) is 24.1 Å². The van der Waals surface area contributed by atoms with E-state index in [1.165, 1.54) is 0 Å². The molecule has 1 atom stereocenters. The topological polar surface area (TPSA) is 76.1 Å². The van der Waals surface area contributed by atoms with E-state index in [0.29, 0.717) is 22.5 Å². The molecular formula is C22H17BrN2O3. The number of halogens is 1. The maximum absolute atomic E-state index is 13.0. The van der Waals surface area contributed by atoms with Crippen molar-refractivity contribution in [2.75, 3.05) is 5.32 Å². The van der Waals surface area contributed by atoms with Crippen LogP contribution >= 0.6 is 15.9 Å². The molecule has 0 saturated carbocycles. The summed E-state index contributed by atoms with van der Waals surface area (Å²) in [6.07, 6.45) is 0. The Labute approximate surface area is 170 Å². The molecule has 28 heavy (non-hydrogen) atoms. The number of nitrogens with one attached hydrogen (secondary N) is 1. The summed E-state index contributed by atoms with van der Waals surface area (Å²) in [4.78, 5) is 42.6. The molecule has 4 rings (SSSR count). The van der Waals surface area contributed by atoms with Gasteiger partial charge in [-0.15, -0.1) is 0 Å². The number of nitrogens with zero attached hydrogens (tertiary/aromatic N) is 1. The van der Waals surface area contributed by atoms with Crippen LogP contribution in [-0.4, -0.2) is 26.8 Å². The van der Waals surface area contributed by atoms with Crippen molar-refractivity contribution in [3.63, 3.8) is 0 Å². The summed E-state index contributed by atoms with van der Waals surface area (Å²) in [5.74, 6) is -1.74. The van der Waals surface area contributed by atoms with Gasteiger partial charge in [-0.2, -0.15) is 0 Å². The minimum Gasteiger partial charge on any atom is -0.325 e. The molecule has 140 valence electrons. The van der Waals surface area contributed by atoms with Gasteiger partial charge in [-0.1, -0.05) is 40.2 Å². The maximum atomic E-state index is 13.0. The van der Waals surface area contributed by atoms with E-state index < -0.39 is 10.2 Å². The van der Waals surface area contributed by atoms with E-state index in [4.69, 9.17) is 0 Å². The zero-order chi connectivity index (χ0) is 20.1. The van der Waals surface area contributed by atoms with Gasteiger partial charge in [0.25, 0.3) is 0 Å². The summed E-state index contributed by atoms with van der Waals surface area (Å²) < 4.78 is -0.747. The molecule has 1 unspecified atom stereocenters. The molecule has 0 spiro atoms. The highest BCUT2D eigenvalue weighted by Crippen LogP contribution is 2.35. The molecule has 6 heteroatoms. The van der Waals surface area contributed by atoms with Gasteiger partial charge in [0.2, 0.25) is 5.91 Å². The van der Waals surface area contributed by atoms with Crippen LogP contribution in [0.15, 0.2) is 54.6 Å². The average molecular weight is 437 g/mol. The minimum absolute atomic E-state index is 0.239. The predicted octanol–water partition coefficient (Wildman–Crippen LogP) is 4.51. The molecule has 5 nitrogen and oxygen atoms in total. The van der Waals surface area contributed by atoms with Crippen molar-refractivity contribution in [3.8, 4) is 0 Å². The lowest BCUT2D eigenvalue weighted by Gasteiger charge is -2.16. The number of fused-ring (bicyclic) bond motifs is 2. The molecule has 1 N–H and O–H groups in total. The third-order valence-corrected chi connectivity index (χ3v) is 5.15. The Balaban J connectivity index is 1.69. The van der Waals surface area contributed by atoms with Crippen molar-refractivity contribution in [3.05, 3.63) is 71.4 Å². The predicted molar refractivity (Wildman–Crippen MR) is 111 cm³/mol. The minimum atomic E-state index is -0.946. The smallest absolute Gasteiger partial charge is 0.240 e. The van der Waals surface area contributed by atoms with Crippen LogP contribution in [0.3, 0.4) is 0 Å². The quantitative estimate of drug-likeness (QED) is 0.483. The first kappa shape index (κ1) is 18.5. The summed E-state index contributed by atoms with van der Waals surface area (Å²) in [5.41, 5.74) is 2.34. The van der Waals surface area contributed by atoms with Crippen LogP contribution < -0.4 is 5.32 Å². The number of pyridine rings is 1. The van der Waals surface area contributed by atoms with E-state index in [2.05, 4.69) is 26.2 Å². The zero-order valence-electron chi connectivity index (χ0n) is 15.3. The van der Waals surface area contributed by atoms with E-state index in [-0.39, 0.29) is 17.5 Å². The number of alkyl halides is 1. The number of aromatic nitrogens is 1. The van der Waals surface area contributed by atoms with Gasteiger partial charge in [0.15, 0.2) is 11.6 Å².